The van der Waals surface area contributed by atoms with Gasteiger partial charge >= 0.3 is 0 Å². The smallest absolute Gasteiger partial charge is 0.274 e. The van der Waals surface area contributed by atoms with Gasteiger partial charge in [-0.3, -0.25) is 4.79 Å². The number of anilines is 1. The van der Waals surface area contributed by atoms with Gasteiger partial charge in [0.25, 0.3) is 5.91 Å². The van der Waals surface area contributed by atoms with Crippen molar-refractivity contribution < 1.29 is 9.53 Å². The molecule has 1 saturated heterocycles. The first-order valence-electron chi connectivity index (χ1n) is 10.3. The molecular formula is C23H25N5O2. The number of rotatable bonds is 6. The van der Waals surface area contributed by atoms with Crippen molar-refractivity contribution in [2.24, 2.45) is 7.05 Å². The molecule has 2 aromatic heterocycles. The summed E-state index contributed by atoms with van der Waals surface area (Å²) in [5.74, 6) is 1.26. The number of carbonyl (C=O) groups is 1. The van der Waals surface area contributed by atoms with Crippen LogP contribution < -0.4 is 5.32 Å². The number of hydrogen-bond donors (Lipinski definition) is 1. The van der Waals surface area contributed by atoms with Crippen LogP contribution in [-0.2, 0) is 23.6 Å². The summed E-state index contributed by atoms with van der Waals surface area (Å²) in [5, 5.41) is 11.2. The van der Waals surface area contributed by atoms with Crippen molar-refractivity contribution >= 4 is 11.6 Å². The Morgan fingerprint density at radius 3 is 2.77 bits per heavy atom. The molecule has 1 aromatic carbocycles. The van der Waals surface area contributed by atoms with Gasteiger partial charge in [-0.2, -0.15) is 0 Å². The SMILES string of the molecule is Cc1cc(C(=O)Nc2cccc(C3(Cc4nncn4C)COC3)c2)nc(C2CC2)c1. The van der Waals surface area contributed by atoms with Crippen LogP contribution in [0.5, 0.6) is 0 Å². The summed E-state index contributed by atoms with van der Waals surface area (Å²) < 4.78 is 7.51. The average Bonchev–Trinajstić information content (AvgIpc) is 3.47. The van der Waals surface area contributed by atoms with Crippen LogP contribution in [0.3, 0.4) is 0 Å². The summed E-state index contributed by atoms with van der Waals surface area (Å²) in [5.41, 5.74) is 4.32. The zero-order chi connectivity index (χ0) is 20.7. The standard InChI is InChI=1S/C23H25N5O2/c1-15-8-19(16-6-7-16)26-20(9-15)22(29)25-18-5-3-4-17(10-18)23(12-30-13-23)11-21-27-24-14-28(21)2/h3-5,8-10,14,16H,6-7,11-13H2,1-2H3,(H,25,29). The van der Waals surface area contributed by atoms with Crippen LogP contribution in [0.1, 0.15) is 51.9 Å². The van der Waals surface area contributed by atoms with Gasteiger partial charge in [0, 0.05) is 36.2 Å². The van der Waals surface area contributed by atoms with E-state index in [1.165, 1.54) is 0 Å². The van der Waals surface area contributed by atoms with E-state index in [0.29, 0.717) is 24.8 Å². The van der Waals surface area contributed by atoms with Crippen LogP contribution in [0, 0.1) is 6.92 Å². The Labute approximate surface area is 175 Å². The molecule has 0 bridgehead atoms. The van der Waals surface area contributed by atoms with Gasteiger partial charge in [-0.25, -0.2) is 4.98 Å². The lowest BCUT2D eigenvalue weighted by Crippen LogP contribution is -2.49. The highest BCUT2D eigenvalue weighted by atomic mass is 16.5. The quantitative estimate of drug-likeness (QED) is 0.684. The number of benzene rings is 1. The largest absolute Gasteiger partial charge is 0.379 e. The fourth-order valence-corrected chi connectivity index (χ4v) is 4.01. The van der Waals surface area contributed by atoms with E-state index >= 15 is 0 Å². The van der Waals surface area contributed by atoms with E-state index in [2.05, 4.69) is 32.6 Å². The third-order valence-electron chi connectivity index (χ3n) is 6.01. The molecule has 1 aliphatic heterocycles. The number of aryl methyl sites for hydroxylation is 2. The van der Waals surface area contributed by atoms with Gasteiger partial charge in [-0.15, -0.1) is 10.2 Å². The van der Waals surface area contributed by atoms with E-state index in [1.54, 1.807) is 6.33 Å². The molecule has 7 heteroatoms. The summed E-state index contributed by atoms with van der Waals surface area (Å²) in [6.45, 7) is 3.26. The maximum absolute atomic E-state index is 12.9. The number of amides is 1. The van der Waals surface area contributed by atoms with Crippen molar-refractivity contribution in [1.82, 2.24) is 19.7 Å². The van der Waals surface area contributed by atoms with E-state index in [-0.39, 0.29) is 11.3 Å². The van der Waals surface area contributed by atoms with Gasteiger partial charge in [0.15, 0.2) is 0 Å². The Kier molecular flexibility index (Phi) is 4.62. The fraction of sp³-hybridized carbons (Fsp3) is 0.391. The molecule has 154 valence electrons. The van der Waals surface area contributed by atoms with E-state index in [0.717, 1.165) is 47.6 Å². The Bertz CT molecular complexity index is 1100. The number of aromatic nitrogens is 4. The number of nitrogens with one attached hydrogen (secondary N) is 1. The molecule has 2 fully saturated rings. The number of ether oxygens (including phenoxy) is 1. The summed E-state index contributed by atoms with van der Waals surface area (Å²) in [4.78, 5) is 17.5. The third kappa shape index (κ3) is 3.61. The Morgan fingerprint density at radius 1 is 1.27 bits per heavy atom. The van der Waals surface area contributed by atoms with Crippen molar-refractivity contribution in [3.05, 3.63) is 71.1 Å². The fourth-order valence-electron chi connectivity index (χ4n) is 4.01. The number of carbonyl (C=O) groups excluding carboxylic acids is 1. The van der Waals surface area contributed by atoms with E-state index in [1.807, 2.05) is 42.8 Å². The molecule has 7 nitrogen and oxygen atoms in total. The van der Waals surface area contributed by atoms with Crippen molar-refractivity contribution in [2.45, 2.75) is 37.5 Å². The number of hydrogen-bond acceptors (Lipinski definition) is 5. The van der Waals surface area contributed by atoms with E-state index in [4.69, 9.17) is 4.74 Å². The van der Waals surface area contributed by atoms with Crippen LogP contribution in [0.2, 0.25) is 0 Å². The van der Waals surface area contributed by atoms with Crippen LogP contribution >= 0.6 is 0 Å². The van der Waals surface area contributed by atoms with Crippen LogP contribution in [0.15, 0.2) is 42.7 Å². The zero-order valence-electron chi connectivity index (χ0n) is 17.3. The molecule has 0 spiro atoms. The van der Waals surface area contributed by atoms with Crippen molar-refractivity contribution in [3.8, 4) is 0 Å². The van der Waals surface area contributed by atoms with E-state index in [9.17, 15) is 4.79 Å². The summed E-state index contributed by atoms with van der Waals surface area (Å²) in [6.07, 6.45) is 4.78. The number of nitrogens with zero attached hydrogens (tertiary/aromatic N) is 4. The maximum atomic E-state index is 12.9. The molecule has 1 saturated carbocycles. The first-order chi connectivity index (χ1) is 14.5. The second-order valence-electron chi connectivity index (χ2n) is 8.57. The normalized spacial score (nSPS) is 17.4. The lowest BCUT2D eigenvalue weighted by molar-refractivity contribution is -0.0610. The van der Waals surface area contributed by atoms with Crippen LogP contribution in [0.25, 0.3) is 0 Å². The molecule has 3 heterocycles. The van der Waals surface area contributed by atoms with Crippen LogP contribution in [0.4, 0.5) is 5.69 Å². The minimum Gasteiger partial charge on any atom is -0.379 e. The molecule has 30 heavy (non-hydrogen) atoms. The molecule has 5 rings (SSSR count). The monoisotopic (exact) mass is 403 g/mol. The zero-order valence-corrected chi connectivity index (χ0v) is 17.3. The molecule has 3 aromatic rings. The molecule has 0 radical (unpaired) electrons. The third-order valence-corrected chi connectivity index (χ3v) is 6.01. The van der Waals surface area contributed by atoms with Crippen molar-refractivity contribution in [2.75, 3.05) is 18.5 Å². The second-order valence-corrected chi connectivity index (χ2v) is 8.57. The average molecular weight is 403 g/mol. The first kappa shape index (κ1) is 18.9. The molecule has 1 aliphatic carbocycles. The minimum atomic E-state index is -0.176. The van der Waals surface area contributed by atoms with Gasteiger partial charge in [0.2, 0.25) is 0 Å². The van der Waals surface area contributed by atoms with Gasteiger partial charge in [-0.05, 0) is 55.2 Å². The molecule has 0 atom stereocenters. The summed E-state index contributed by atoms with van der Waals surface area (Å²) in [7, 11) is 1.95. The van der Waals surface area contributed by atoms with E-state index < -0.39 is 0 Å². The highest BCUT2D eigenvalue weighted by Crippen LogP contribution is 2.39. The molecule has 1 amide bonds. The second kappa shape index (κ2) is 7.32. The highest BCUT2D eigenvalue weighted by Gasteiger charge is 2.41. The lowest BCUT2D eigenvalue weighted by Gasteiger charge is -2.41. The van der Waals surface area contributed by atoms with Crippen LogP contribution in [-0.4, -0.2) is 38.9 Å². The molecular weight excluding hydrogens is 378 g/mol. The Balaban J connectivity index is 1.37. The maximum Gasteiger partial charge on any atom is 0.274 e. The molecule has 1 N–H and O–H groups in total. The Hall–Kier alpha value is -3.06. The lowest BCUT2D eigenvalue weighted by atomic mass is 9.75. The Morgan fingerprint density at radius 2 is 2.10 bits per heavy atom. The van der Waals surface area contributed by atoms with Crippen molar-refractivity contribution in [3.63, 3.8) is 0 Å². The number of pyridine rings is 1. The first-order valence-corrected chi connectivity index (χ1v) is 10.3. The molecule has 2 aliphatic rings. The van der Waals surface area contributed by atoms with Crippen molar-refractivity contribution in [1.29, 1.82) is 0 Å². The molecule has 0 unspecified atom stereocenters. The minimum absolute atomic E-state index is 0.151. The highest BCUT2D eigenvalue weighted by molar-refractivity contribution is 6.03. The summed E-state index contributed by atoms with van der Waals surface area (Å²) >= 11 is 0. The predicted octanol–water partition coefficient (Wildman–Crippen LogP) is 3.16. The summed E-state index contributed by atoms with van der Waals surface area (Å²) in [6, 6.07) is 11.9. The van der Waals surface area contributed by atoms with Gasteiger partial charge in [-0.1, -0.05) is 12.1 Å². The topological polar surface area (TPSA) is 81.9 Å². The van der Waals surface area contributed by atoms with Gasteiger partial charge < -0.3 is 14.6 Å². The predicted molar refractivity (Wildman–Crippen MR) is 113 cm³/mol. The van der Waals surface area contributed by atoms with Gasteiger partial charge in [0.1, 0.15) is 17.8 Å². The van der Waals surface area contributed by atoms with Gasteiger partial charge in [0.05, 0.1) is 13.2 Å².